The zero-order chi connectivity index (χ0) is 28.4. The molecule has 0 saturated heterocycles. The van der Waals surface area contributed by atoms with Crippen molar-refractivity contribution in [2.45, 2.75) is 64.6 Å². The van der Waals surface area contributed by atoms with Gasteiger partial charge in [-0.3, -0.25) is 9.69 Å². The van der Waals surface area contributed by atoms with Crippen LogP contribution in [0.15, 0.2) is 30.3 Å². The van der Waals surface area contributed by atoms with Gasteiger partial charge in [0.05, 0.1) is 42.3 Å². The molecule has 7 nitrogen and oxygen atoms in total. The predicted molar refractivity (Wildman–Crippen MR) is 124 cm³/mol. The first kappa shape index (κ1) is 29.1. The molecule has 2 atom stereocenters. The monoisotopic (exact) mass is 547 g/mol. The second-order valence-electron chi connectivity index (χ2n) is 8.70. The maximum Gasteiger partial charge on any atom is 0.416 e. The molecule has 13 heteroatoms. The van der Waals surface area contributed by atoms with Crippen molar-refractivity contribution in [2.24, 2.45) is 0 Å². The van der Waals surface area contributed by atoms with Crippen LogP contribution in [-0.4, -0.2) is 41.6 Å². The Morgan fingerprint density at radius 2 is 1.66 bits per heavy atom. The highest BCUT2D eigenvalue weighted by Crippen LogP contribution is 2.43. The molecule has 0 saturated carbocycles. The molecule has 0 bridgehead atoms. The largest absolute Gasteiger partial charge is 0.481 e. The molecule has 0 unspecified atom stereocenters. The van der Waals surface area contributed by atoms with Crippen LogP contribution in [0, 0.1) is 0 Å². The van der Waals surface area contributed by atoms with Crippen molar-refractivity contribution in [2.75, 3.05) is 18.6 Å². The number of methoxy groups -OCH3 is 1. The molecule has 2 amide bonds. The second kappa shape index (κ2) is 11.1. The van der Waals surface area contributed by atoms with Gasteiger partial charge in [0, 0.05) is 25.6 Å². The van der Waals surface area contributed by atoms with E-state index in [1.165, 1.54) is 18.1 Å². The molecule has 0 spiro atoms. The topological polar surface area (TPSA) is 72.0 Å². The molecule has 0 aliphatic carbocycles. The number of anilines is 1. The van der Waals surface area contributed by atoms with Crippen LogP contribution in [0.2, 0.25) is 0 Å². The summed E-state index contributed by atoms with van der Waals surface area (Å²) >= 11 is 0. The van der Waals surface area contributed by atoms with Crippen molar-refractivity contribution in [3.8, 4) is 5.88 Å². The van der Waals surface area contributed by atoms with E-state index >= 15 is 0 Å². The van der Waals surface area contributed by atoms with Gasteiger partial charge in [0.1, 0.15) is 0 Å². The van der Waals surface area contributed by atoms with E-state index in [0.29, 0.717) is 24.2 Å². The van der Waals surface area contributed by atoms with E-state index in [-0.39, 0.29) is 36.2 Å². The van der Waals surface area contributed by atoms with E-state index in [9.17, 15) is 35.9 Å². The molecule has 0 radical (unpaired) electrons. The molecule has 2 heterocycles. The van der Waals surface area contributed by atoms with Crippen molar-refractivity contribution in [3.05, 3.63) is 52.7 Å². The van der Waals surface area contributed by atoms with Crippen LogP contribution < -0.4 is 9.64 Å². The number of pyridine rings is 1. The minimum Gasteiger partial charge on any atom is -0.481 e. The number of aromatic nitrogens is 1. The summed E-state index contributed by atoms with van der Waals surface area (Å²) in [7, 11) is 1.36. The number of ether oxygens (including phenoxy) is 2. The first-order valence-electron chi connectivity index (χ1n) is 11.8. The van der Waals surface area contributed by atoms with Crippen LogP contribution in [0.25, 0.3) is 0 Å². The van der Waals surface area contributed by atoms with Gasteiger partial charge in [-0.2, -0.15) is 26.3 Å². The summed E-state index contributed by atoms with van der Waals surface area (Å²) in [6.07, 6.45) is -10.2. The Balaban J connectivity index is 2.14. The fourth-order valence-electron chi connectivity index (χ4n) is 4.50. The number of hydrogen-bond acceptors (Lipinski definition) is 5. The van der Waals surface area contributed by atoms with Gasteiger partial charge >= 0.3 is 18.4 Å². The normalized spacial score (nSPS) is 17.6. The minimum absolute atomic E-state index is 0.0360. The van der Waals surface area contributed by atoms with Gasteiger partial charge in [0.15, 0.2) is 0 Å². The van der Waals surface area contributed by atoms with Crippen molar-refractivity contribution in [1.82, 2.24) is 9.88 Å². The van der Waals surface area contributed by atoms with E-state index in [4.69, 9.17) is 9.47 Å². The molecule has 2 aromatic rings. The van der Waals surface area contributed by atoms with Gasteiger partial charge in [-0.05, 0) is 49.6 Å². The summed E-state index contributed by atoms with van der Waals surface area (Å²) in [6, 6.07) is 2.91. The fraction of sp³-hybridized carbons (Fsp3) is 0.480. The molecule has 0 N–H and O–H groups in total. The molecule has 1 aromatic carbocycles. The lowest BCUT2D eigenvalue weighted by molar-refractivity contribution is -0.143. The van der Waals surface area contributed by atoms with Crippen LogP contribution in [0.4, 0.5) is 36.8 Å². The number of alkyl halides is 6. The number of fused-ring (bicyclic) bond motifs is 1. The molecule has 1 aliphatic heterocycles. The summed E-state index contributed by atoms with van der Waals surface area (Å²) in [5.74, 6) is -0.453. The van der Waals surface area contributed by atoms with Crippen LogP contribution in [0.5, 0.6) is 5.88 Å². The summed E-state index contributed by atoms with van der Waals surface area (Å²) in [6.45, 7) is 4.15. The first-order valence-corrected chi connectivity index (χ1v) is 11.8. The molecule has 1 aromatic heterocycles. The SMILES string of the molecule is CCOC(=O)N1c2ccc(OC)nc2[C@@H](N(Cc2cc(C(F)(F)F)cc(C(F)(F)F)c2)C(C)=O)C[C@H]1CC. The zero-order valence-electron chi connectivity index (χ0n) is 21.1. The standard InChI is InChI=1S/C25H27F6N3O4/c1-5-18-12-20(22-19(7-8-21(32-22)37-4)34(18)23(36)38-6-2)33(14(3)35)13-15-9-16(24(26,27)28)11-17(10-15)25(29,30)31/h7-11,18,20H,5-6,12-13H2,1-4H3/t18-,20+/m1/s1. The van der Waals surface area contributed by atoms with Crippen molar-refractivity contribution in [3.63, 3.8) is 0 Å². The van der Waals surface area contributed by atoms with Gasteiger partial charge in [-0.15, -0.1) is 0 Å². The Kier molecular flexibility index (Phi) is 8.47. The van der Waals surface area contributed by atoms with Gasteiger partial charge in [-0.1, -0.05) is 6.92 Å². The van der Waals surface area contributed by atoms with Gasteiger partial charge in [-0.25, -0.2) is 9.78 Å². The Morgan fingerprint density at radius 1 is 1.05 bits per heavy atom. The Bertz CT molecular complexity index is 1150. The highest BCUT2D eigenvalue weighted by atomic mass is 19.4. The van der Waals surface area contributed by atoms with E-state index in [0.717, 1.165) is 11.8 Å². The highest BCUT2D eigenvalue weighted by Gasteiger charge is 2.42. The second-order valence-corrected chi connectivity index (χ2v) is 8.70. The van der Waals surface area contributed by atoms with Crippen molar-refractivity contribution < 1.29 is 45.4 Å². The number of benzene rings is 1. The van der Waals surface area contributed by atoms with E-state index in [1.54, 1.807) is 19.9 Å². The molecular formula is C25H27F6N3O4. The molecule has 1 aliphatic rings. The average Bonchev–Trinajstić information content (AvgIpc) is 2.84. The third-order valence-electron chi connectivity index (χ3n) is 6.24. The number of nitrogens with zero attached hydrogens (tertiary/aromatic N) is 3. The predicted octanol–water partition coefficient (Wildman–Crippen LogP) is 6.36. The number of carbonyl (C=O) groups is 2. The summed E-state index contributed by atoms with van der Waals surface area (Å²) in [5, 5.41) is 0. The molecule has 38 heavy (non-hydrogen) atoms. The quantitative estimate of drug-likeness (QED) is 0.394. The number of hydrogen-bond donors (Lipinski definition) is 0. The number of rotatable bonds is 6. The third-order valence-corrected chi connectivity index (χ3v) is 6.24. The van der Waals surface area contributed by atoms with Gasteiger partial charge in [0.2, 0.25) is 11.8 Å². The van der Waals surface area contributed by atoms with E-state index in [1.807, 2.05) is 0 Å². The van der Waals surface area contributed by atoms with E-state index < -0.39 is 54.1 Å². The molecular weight excluding hydrogens is 520 g/mol. The van der Waals surface area contributed by atoms with Crippen LogP contribution in [0.3, 0.4) is 0 Å². The zero-order valence-corrected chi connectivity index (χ0v) is 21.1. The van der Waals surface area contributed by atoms with E-state index in [2.05, 4.69) is 4.98 Å². The maximum atomic E-state index is 13.4. The van der Waals surface area contributed by atoms with Crippen molar-refractivity contribution in [1.29, 1.82) is 0 Å². The van der Waals surface area contributed by atoms with Gasteiger partial charge in [0.25, 0.3) is 0 Å². The lowest BCUT2D eigenvalue weighted by Crippen LogP contribution is -2.48. The van der Waals surface area contributed by atoms with Gasteiger partial charge < -0.3 is 14.4 Å². The lowest BCUT2D eigenvalue weighted by atomic mass is 9.91. The Morgan fingerprint density at radius 3 is 2.13 bits per heavy atom. The summed E-state index contributed by atoms with van der Waals surface area (Å²) in [5.41, 5.74) is -2.80. The Hall–Kier alpha value is -3.51. The van der Waals surface area contributed by atoms with Crippen molar-refractivity contribution >= 4 is 17.7 Å². The Labute approximate surface area is 215 Å². The number of halogens is 6. The minimum atomic E-state index is -5.03. The van der Waals surface area contributed by atoms with Crippen LogP contribution in [-0.2, 0) is 28.4 Å². The first-order chi connectivity index (χ1) is 17.7. The third kappa shape index (κ3) is 6.13. The van der Waals surface area contributed by atoms with Crippen LogP contribution in [0.1, 0.15) is 62.0 Å². The smallest absolute Gasteiger partial charge is 0.416 e. The lowest BCUT2D eigenvalue weighted by Gasteiger charge is -2.43. The summed E-state index contributed by atoms with van der Waals surface area (Å²) < 4.78 is 90.9. The molecule has 0 fully saturated rings. The fourth-order valence-corrected chi connectivity index (χ4v) is 4.50. The maximum absolute atomic E-state index is 13.4. The highest BCUT2D eigenvalue weighted by molar-refractivity contribution is 5.90. The summed E-state index contributed by atoms with van der Waals surface area (Å²) in [4.78, 5) is 32.6. The average molecular weight is 547 g/mol. The molecule has 208 valence electrons. The number of carbonyl (C=O) groups excluding carboxylic acids is 2. The molecule has 3 rings (SSSR count). The van der Waals surface area contributed by atoms with Crippen LogP contribution >= 0.6 is 0 Å². The number of amides is 2.